The van der Waals surface area contributed by atoms with E-state index in [9.17, 15) is 4.79 Å². The van der Waals surface area contributed by atoms with Crippen LogP contribution in [0.15, 0.2) is 23.6 Å². The van der Waals surface area contributed by atoms with Crippen molar-refractivity contribution >= 4 is 22.9 Å². The predicted octanol–water partition coefficient (Wildman–Crippen LogP) is 2.96. The number of anilines is 1. The minimum absolute atomic E-state index is 0.190. The van der Waals surface area contributed by atoms with Crippen LogP contribution in [0.25, 0.3) is 0 Å². The van der Waals surface area contributed by atoms with E-state index >= 15 is 0 Å². The van der Waals surface area contributed by atoms with E-state index < -0.39 is 0 Å². The van der Waals surface area contributed by atoms with Gasteiger partial charge in [0.15, 0.2) is 0 Å². The van der Waals surface area contributed by atoms with Gasteiger partial charge in [-0.1, -0.05) is 6.07 Å². The highest BCUT2D eigenvalue weighted by Crippen LogP contribution is 2.21. The van der Waals surface area contributed by atoms with Gasteiger partial charge < -0.3 is 4.90 Å². The fourth-order valence-electron chi connectivity index (χ4n) is 3.09. The summed E-state index contributed by atoms with van der Waals surface area (Å²) in [5.41, 5.74) is 4.57. The quantitative estimate of drug-likeness (QED) is 0.865. The lowest BCUT2D eigenvalue weighted by molar-refractivity contribution is -0.121. The molecule has 0 N–H and O–H groups in total. The minimum atomic E-state index is 0.190. The van der Waals surface area contributed by atoms with Crippen LogP contribution < -0.4 is 4.90 Å². The van der Waals surface area contributed by atoms with Gasteiger partial charge in [-0.15, -0.1) is 11.3 Å². The molecule has 0 aliphatic carbocycles. The third-order valence-electron chi connectivity index (χ3n) is 4.17. The molecule has 2 heterocycles. The zero-order valence-electron chi connectivity index (χ0n) is 14.0. The molecule has 4 nitrogen and oxygen atoms in total. The molecule has 0 atom stereocenters. The summed E-state index contributed by atoms with van der Waals surface area (Å²) < 4.78 is 0. The van der Waals surface area contributed by atoms with E-state index in [1.807, 2.05) is 11.8 Å². The van der Waals surface area contributed by atoms with E-state index in [0.29, 0.717) is 6.54 Å². The number of thiazole rings is 1. The molecule has 1 amide bonds. The zero-order valence-corrected chi connectivity index (χ0v) is 14.8. The molecule has 1 fully saturated rings. The van der Waals surface area contributed by atoms with E-state index in [-0.39, 0.29) is 5.91 Å². The van der Waals surface area contributed by atoms with E-state index in [0.717, 1.165) is 42.4 Å². The van der Waals surface area contributed by atoms with Crippen molar-refractivity contribution in [3.8, 4) is 0 Å². The summed E-state index contributed by atoms with van der Waals surface area (Å²) in [6.45, 7) is 9.26. The van der Waals surface area contributed by atoms with Crippen molar-refractivity contribution in [1.82, 2.24) is 9.88 Å². The van der Waals surface area contributed by atoms with Crippen LogP contribution in [-0.4, -0.2) is 42.0 Å². The summed E-state index contributed by atoms with van der Waals surface area (Å²) in [6, 6.07) is 6.33. The molecule has 0 spiro atoms. The van der Waals surface area contributed by atoms with E-state index in [1.165, 1.54) is 11.1 Å². The maximum absolute atomic E-state index is 12.5. The molecule has 23 heavy (non-hydrogen) atoms. The number of rotatable bonds is 4. The van der Waals surface area contributed by atoms with Gasteiger partial charge in [-0.3, -0.25) is 9.69 Å². The van der Waals surface area contributed by atoms with Crippen molar-refractivity contribution < 1.29 is 4.79 Å². The number of hydrogen-bond donors (Lipinski definition) is 0. The van der Waals surface area contributed by atoms with Crippen molar-refractivity contribution in [3.05, 3.63) is 45.4 Å². The molecule has 1 aromatic heterocycles. The summed E-state index contributed by atoms with van der Waals surface area (Å²) in [4.78, 5) is 21.2. The Morgan fingerprint density at radius 1 is 1.13 bits per heavy atom. The molecule has 0 bridgehead atoms. The smallest absolute Gasteiger partial charge is 0.241 e. The van der Waals surface area contributed by atoms with Crippen LogP contribution in [0.2, 0.25) is 0 Å². The zero-order chi connectivity index (χ0) is 16.4. The standard InChI is InChI=1S/C18H23N3OS/c1-13-8-14(2)10-17(9-13)21-7-6-20(11-18(21)22)5-4-16-12-23-15(3)19-16/h8-10,12H,4-7,11H2,1-3H3. The van der Waals surface area contributed by atoms with Crippen molar-refractivity contribution in [2.45, 2.75) is 27.2 Å². The van der Waals surface area contributed by atoms with Crippen molar-refractivity contribution in [2.24, 2.45) is 0 Å². The van der Waals surface area contributed by atoms with Gasteiger partial charge in [0, 0.05) is 37.1 Å². The number of piperazine rings is 1. The molecule has 1 aliphatic rings. The molecule has 1 aliphatic heterocycles. The molecule has 0 unspecified atom stereocenters. The normalized spacial score (nSPS) is 16.1. The van der Waals surface area contributed by atoms with Crippen molar-refractivity contribution in [3.63, 3.8) is 0 Å². The van der Waals surface area contributed by atoms with Crippen LogP contribution in [0.3, 0.4) is 0 Å². The number of carbonyl (C=O) groups is 1. The Balaban J connectivity index is 1.59. The Morgan fingerprint density at radius 3 is 2.48 bits per heavy atom. The molecule has 1 saturated heterocycles. The summed E-state index contributed by atoms with van der Waals surface area (Å²) in [5.74, 6) is 0.190. The number of amides is 1. The van der Waals surface area contributed by atoms with Gasteiger partial charge in [0.25, 0.3) is 0 Å². The molecule has 5 heteroatoms. The van der Waals surface area contributed by atoms with E-state index in [4.69, 9.17) is 0 Å². The predicted molar refractivity (Wildman–Crippen MR) is 95.3 cm³/mol. The van der Waals surface area contributed by atoms with Gasteiger partial charge in [-0.25, -0.2) is 4.98 Å². The molecular formula is C18H23N3OS. The molecule has 0 saturated carbocycles. The Hall–Kier alpha value is -1.72. The number of aromatic nitrogens is 1. The first kappa shape index (κ1) is 16.1. The maximum Gasteiger partial charge on any atom is 0.241 e. The largest absolute Gasteiger partial charge is 0.310 e. The number of carbonyl (C=O) groups excluding carboxylic acids is 1. The van der Waals surface area contributed by atoms with Crippen molar-refractivity contribution in [2.75, 3.05) is 31.1 Å². The molecule has 2 aromatic rings. The third kappa shape index (κ3) is 3.98. The fraction of sp³-hybridized carbons (Fsp3) is 0.444. The van der Waals surface area contributed by atoms with Crippen LogP contribution >= 0.6 is 11.3 Å². The first-order valence-corrected chi connectivity index (χ1v) is 8.91. The average Bonchev–Trinajstić information content (AvgIpc) is 2.90. The fourth-order valence-corrected chi connectivity index (χ4v) is 3.74. The minimum Gasteiger partial charge on any atom is -0.310 e. The van der Waals surface area contributed by atoms with Crippen LogP contribution in [-0.2, 0) is 11.2 Å². The number of benzene rings is 1. The molecule has 0 radical (unpaired) electrons. The van der Waals surface area contributed by atoms with Crippen LogP contribution in [0.5, 0.6) is 0 Å². The molecule has 3 rings (SSSR count). The van der Waals surface area contributed by atoms with Crippen LogP contribution in [0, 0.1) is 20.8 Å². The van der Waals surface area contributed by atoms with Gasteiger partial charge in [0.1, 0.15) is 0 Å². The Labute approximate surface area is 141 Å². The monoisotopic (exact) mass is 329 g/mol. The second-order valence-electron chi connectivity index (χ2n) is 6.28. The molecular weight excluding hydrogens is 306 g/mol. The summed E-state index contributed by atoms with van der Waals surface area (Å²) in [6.07, 6.45) is 0.918. The molecule has 122 valence electrons. The highest BCUT2D eigenvalue weighted by atomic mass is 32.1. The van der Waals surface area contributed by atoms with E-state index in [2.05, 4.69) is 47.3 Å². The van der Waals surface area contributed by atoms with E-state index in [1.54, 1.807) is 11.3 Å². The summed E-state index contributed by atoms with van der Waals surface area (Å²) >= 11 is 1.69. The first-order chi connectivity index (χ1) is 11.0. The second kappa shape index (κ2) is 6.81. The summed E-state index contributed by atoms with van der Waals surface area (Å²) in [5, 5.41) is 3.22. The highest BCUT2D eigenvalue weighted by molar-refractivity contribution is 7.09. The Morgan fingerprint density at radius 2 is 1.87 bits per heavy atom. The lowest BCUT2D eigenvalue weighted by Crippen LogP contribution is -2.51. The van der Waals surface area contributed by atoms with Gasteiger partial charge in [-0.2, -0.15) is 0 Å². The maximum atomic E-state index is 12.5. The average molecular weight is 329 g/mol. The molecule has 1 aromatic carbocycles. The SMILES string of the molecule is Cc1cc(C)cc(N2CCN(CCc3csc(C)n3)CC2=O)c1. The van der Waals surface area contributed by atoms with Gasteiger partial charge >= 0.3 is 0 Å². The van der Waals surface area contributed by atoms with Crippen LogP contribution in [0.4, 0.5) is 5.69 Å². The topological polar surface area (TPSA) is 36.4 Å². The van der Waals surface area contributed by atoms with Gasteiger partial charge in [0.05, 0.1) is 17.2 Å². The summed E-state index contributed by atoms with van der Waals surface area (Å²) in [7, 11) is 0. The van der Waals surface area contributed by atoms with Gasteiger partial charge in [0.2, 0.25) is 5.91 Å². The third-order valence-corrected chi connectivity index (χ3v) is 4.99. The number of hydrogen-bond acceptors (Lipinski definition) is 4. The number of nitrogens with zero attached hydrogens (tertiary/aromatic N) is 3. The lowest BCUT2D eigenvalue weighted by Gasteiger charge is -2.34. The Kier molecular flexibility index (Phi) is 4.78. The highest BCUT2D eigenvalue weighted by Gasteiger charge is 2.25. The number of aryl methyl sites for hydroxylation is 3. The lowest BCUT2D eigenvalue weighted by atomic mass is 10.1. The Bertz CT molecular complexity index is 690. The first-order valence-electron chi connectivity index (χ1n) is 8.03. The van der Waals surface area contributed by atoms with Gasteiger partial charge in [-0.05, 0) is 44.0 Å². The van der Waals surface area contributed by atoms with Crippen LogP contribution in [0.1, 0.15) is 21.8 Å². The second-order valence-corrected chi connectivity index (χ2v) is 7.34. The van der Waals surface area contributed by atoms with Crippen molar-refractivity contribution in [1.29, 1.82) is 0 Å².